The van der Waals surface area contributed by atoms with Gasteiger partial charge in [0.1, 0.15) is 6.10 Å². The predicted octanol–water partition coefficient (Wildman–Crippen LogP) is 3.83. The molecule has 0 bridgehead atoms. The van der Waals surface area contributed by atoms with E-state index in [-0.39, 0.29) is 23.7 Å². The number of carbonyl (C=O) groups excluding carboxylic acids is 1. The first kappa shape index (κ1) is 22.6. The van der Waals surface area contributed by atoms with Gasteiger partial charge in [-0.15, -0.1) is 0 Å². The van der Waals surface area contributed by atoms with E-state index in [2.05, 4.69) is 50.4 Å². The lowest BCUT2D eigenvalue weighted by molar-refractivity contribution is -0.140. The van der Waals surface area contributed by atoms with Crippen molar-refractivity contribution in [1.82, 2.24) is 0 Å². The lowest BCUT2D eigenvalue weighted by Crippen LogP contribution is -2.43. The van der Waals surface area contributed by atoms with Gasteiger partial charge in [0.05, 0.1) is 13.7 Å². The van der Waals surface area contributed by atoms with Gasteiger partial charge in [-0.2, -0.15) is 0 Å². The number of ether oxygens (including phenoxy) is 1. The molecule has 0 aliphatic heterocycles. The minimum atomic E-state index is -1.92. The molecule has 0 rings (SSSR count). The van der Waals surface area contributed by atoms with E-state index in [9.17, 15) is 4.79 Å². The van der Waals surface area contributed by atoms with Crippen LogP contribution in [0.25, 0.3) is 0 Å². The summed E-state index contributed by atoms with van der Waals surface area (Å²) in [6, 6.07) is 0. The molecular weight excluding hydrogens is 320 g/mol. The molecule has 0 spiro atoms. The SMILES string of the molecule is COC(=O)CCC[C@@H](C#CC=CC=CCO)O[Si](C)(C)C(C)(C)C. The van der Waals surface area contributed by atoms with E-state index >= 15 is 0 Å². The minimum Gasteiger partial charge on any atom is -0.469 e. The average Bonchev–Trinajstić information content (AvgIpc) is 2.48. The smallest absolute Gasteiger partial charge is 0.305 e. The van der Waals surface area contributed by atoms with Crippen LogP contribution in [-0.2, 0) is 14.0 Å². The van der Waals surface area contributed by atoms with Crippen LogP contribution in [0.3, 0.4) is 0 Å². The molecule has 0 radical (unpaired) electrons. The van der Waals surface area contributed by atoms with E-state index in [0.717, 1.165) is 0 Å². The van der Waals surface area contributed by atoms with Crippen molar-refractivity contribution in [2.24, 2.45) is 0 Å². The van der Waals surface area contributed by atoms with Gasteiger partial charge in [-0.3, -0.25) is 4.79 Å². The first-order valence-corrected chi connectivity index (χ1v) is 11.2. The van der Waals surface area contributed by atoms with Gasteiger partial charge in [-0.25, -0.2) is 0 Å². The Hall–Kier alpha value is -1.35. The van der Waals surface area contributed by atoms with Crippen LogP contribution in [-0.4, -0.2) is 39.2 Å². The topological polar surface area (TPSA) is 55.8 Å². The molecule has 0 amide bonds. The van der Waals surface area contributed by atoms with E-state index in [4.69, 9.17) is 9.53 Å². The van der Waals surface area contributed by atoms with Gasteiger partial charge in [0, 0.05) is 6.42 Å². The fourth-order valence-electron chi connectivity index (χ4n) is 1.61. The second-order valence-corrected chi connectivity index (χ2v) is 11.9. The van der Waals surface area contributed by atoms with Crippen molar-refractivity contribution in [3.8, 4) is 11.8 Å². The number of methoxy groups -OCH3 is 1. The zero-order chi connectivity index (χ0) is 18.6. The molecule has 0 saturated heterocycles. The molecule has 0 aliphatic rings. The third kappa shape index (κ3) is 9.71. The van der Waals surface area contributed by atoms with Crippen LogP contribution >= 0.6 is 0 Å². The summed E-state index contributed by atoms with van der Waals surface area (Å²) in [6.07, 6.45) is 8.47. The maximum Gasteiger partial charge on any atom is 0.305 e. The van der Waals surface area contributed by atoms with Gasteiger partial charge >= 0.3 is 5.97 Å². The highest BCUT2D eigenvalue weighted by atomic mass is 28.4. The third-order valence-electron chi connectivity index (χ3n) is 4.09. The summed E-state index contributed by atoms with van der Waals surface area (Å²) in [5.41, 5.74) is 0. The molecule has 0 unspecified atom stereocenters. The molecule has 0 fully saturated rings. The second kappa shape index (κ2) is 11.2. The molecule has 0 aromatic rings. The Bertz CT molecular complexity index is 490. The molecule has 0 aromatic carbocycles. The zero-order valence-corrected chi connectivity index (χ0v) is 16.9. The van der Waals surface area contributed by atoms with Crippen LogP contribution in [0.4, 0.5) is 0 Å². The van der Waals surface area contributed by atoms with Crippen molar-refractivity contribution in [3.05, 3.63) is 24.3 Å². The number of hydrogen-bond acceptors (Lipinski definition) is 4. The molecule has 1 N–H and O–H groups in total. The Morgan fingerprint density at radius 3 is 2.50 bits per heavy atom. The predicted molar refractivity (Wildman–Crippen MR) is 101 cm³/mol. The first-order valence-electron chi connectivity index (χ1n) is 8.32. The number of allylic oxidation sites excluding steroid dienone is 3. The highest BCUT2D eigenvalue weighted by molar-refractivity contribution is 6.74. The van der Waals surface area contributed by atoms with Crippen LogP contribution in [0.15, 0.2) is 24.3 Å². The average molecular weight is 353 g/mol. The van der Waals surface area contributed by atoms with Crippen molar-refractivity contribution >= 4 is 14.3 Å². The monoisotopic (exact) mass is 352 g/mol. The molecular formula is C19H32O4Si. The number of aliphatic hydroxyl groups is 1. The van der Waals surface area contributed by atoms with Crippen LogP contribution in [0.1, 0.15) is 40.0 Å². The van der Waals surface area contributed by atoms with Crippen LogP contribution in [0.5, 0.6) is 0 Å². The Morgan fingerprint density at radius 1 is 1.29 bits per heavy atom. The van der Waals surface area contributed by atoms with Gasteiger partial charge < -0.3 is 14.3 Å². The standard InChI is InChI=1S/C19H32O4Si/c1-19(2,3)24(5,6)23-17(14-12-15-18(21)22-4)13-10-8-7-9-11-16-20/h7-9,11,17,20H,12,14-16H2,1-6H3/t17-/m1/s1. The van der Waals surface area contributed by atoms with Crippen molar-refractivity contribution in [2.45, 2.75) is 64.3 Å². The highest BCUT2D eigenvalue weighted by Gasteiger charge is 2.38. The maximum atomic E-state index is 11.3. The molecule has 1 atom stereocenters. The summed E-state index contributed by atoms with van der Waals surface area (Å²) in [5.74, 6) is 5.93. The van der Waals surface area contributed by atoms with Crippen molar-refractivity contribution in [2.75, 3.05) is 13.7 Å². The van der Waals surface area contributed by atoms with Crippen LogP contribution < -0.4 is 0 Å². The van der Waals surface area contributed by atoms with Gasteiger partial charge in [-0.1, -0.05) is 50.8 Å². The lowest BCUT2D eigenvalue weighted by atomic mass is 10.1. The fraction of sp³-hybridized carbons (Fsp3) is 0.632. The number of aliphatic hydroxyl groups excluding tert-OH is 1. The van der Waals surface area contributed by atoms with Crippen molar-refractivity contribution in [1.29, 1.82) is 0 Å². The molecule has 0 saturated carbocycles. The van der Waals surface area contributed by atoms with Gasteiger partial charge in [-0.05, 0) is 37.0 Å². The molecule has 0 aliphatic carbocycles. The quantitative estimate of drug-likeness (QED) is 0.312. The van der Waals surface area contributed by atoms with Crippen LogP contribution in [0, 0.1) is 11.8 Å². The Labute approximate surface area is 148 Å². The summed E-state index contributed by atoms with van der Waals surface area (Å²) in [6.45, 7) is 11.0. The summed E-state index contributed by atoms with van der Waals surface area (Å²) in [7, 11) is -0.525. The second-order valence-electron chi connectivity index (χ2n) is 7.09. The van der Waals surface area contributed by atoms with E-state index in [1.54, 1.807) is 24.3 Å². The maximum absolute atomic E-state index is 11.3. The molecule has 5 heteroatoms. The highest BCUT2D eigenvalue weighted by Crippen LogP contribution is 2.37. The van der Waals surface area contributed by atoms with Crippen molar-refractivity contribution < 1.29 is 19.1 Å². The normalized spacial score (nSPS) is 13.8. The van der Waals surface area contributed by atoms with E-state index in [1.807, 2.05) is 0 Å². The van der Waals surface area contributed by atoms with Gasteiger partial charge in [0.15, 0.2) is 8.32 Å². The zero-order valence-electron chi connectivity index (χ0n) is 15.9. The molecule has 136 valence electrons. The lowest BCUT2D eigenvalue weighted by Gasteiger charge is -2.38. The largest absolute Gasteiger partial charge is 0.469 e. The third-order valence-corrected chi connectivity index (χ3v) is 8.58. The molecule has 4 nitrogen and oxygen atoms in total. The Morgan fingerprint density at radius 2 is 1.96 bits per heavy atom. The number of rotatable bonds is 8. The van der Waals surface area contributed by atoms with Crippen LogP contribution in [0.2, 0.25) is 18.1 Å². The summed E-state index contributed by atoms with van der Waals surface area (Å²) in [4.78, 5) is 11.3. The summed E-state index contributed by atoms with van der Waals surface area (Å²) < 4.78 is 11.0. The summed E-state index contributed by atoms with van der Waals surface area (Å²) in [5, 5.41) is 8.77. The molecule has 0 aromatic heterocycles. The number of hydrogen-bond donors (Lipinski definition) is 1. The van der Waals surface area contributed by atoms with E-state index < -0.39 is 8.32 Å². The molecule has 24 heavy (non-hydrogen) atoms. The number of carbonyl (C=O) groups is 1. The van der Waals surface area contributed by atoms with E-state index in [0.29, 0.717) is 19.3 Å². The fourth-order valence-corrected chi connectivity index (χ4v) is 2.85. The van der Waals surface area contributed by atoms with E-state index in [1.165, 1.54) is 7.11 Å². The molecule has 0 heterocycles. The Balaban J connectivity index is 4.89. The van der Waals surface area contributed by atoms with Gasteiger partial charge in [0.2, 0.25) is 0 Å². The van der Waals surface area contributed by atoms with Crippen molar-refractivity contribution in [3.63, 3.8) is 0 Å². The Kier molecular flexibility index (Phi) is 10.6. The first-order chi connectivity index (χ1) is 11.1. The number of esters is 1. The van der Waals surface area contributed by atoms with Gasteiger partial charge in [0.25, 0.3) is 0 Å². The minimum absolute atomic E-state index is 0.0163. The summed E-state index contributed by atoms with van der Waals surface area (Å²) >= 11 is 0.